The van der Waals surface area contributed by atoms with E-state index in [-0.39, 0.29) is 0 Å². The molecule has 5 nitrogen and oxygen atoms in total. The number of nitrogens with one attached hydrogen (secondary N) is 2. The molecule has 0 aliphatic carbocycles. The molecule has 2 aromatic rings. The van der Waals surface area contributed by atoms with Crippen LogP contribution < -0.4 is 5.32 Å². The molecule has 1 aromatic heterocycles. The van der Waals surface area contributed by atoms with Gasteiger partial charge in [0.15, 0.2) is 5.82 Å². The summed E-state index contributed by atoms with van der Waals surface area (Å²) in [7, 11) is 0. The predicted octanol–water partition coefficient (Wildman–Crippen LogP) is 2.08. The molecule has 1 heterocycles. The lowest BCUT2D eigenvalue weighted by atomic mass is 9.97. The van der Waals surface area contributed by atoms with Crippen molar-refractivity contribution in [2.24, 2.45) is 5.92 Å². The van der Waals surface area contributed by atoms with Gasteiger partial charge in [0.2, 0.25) is 0 Å². The summed E-state index contributed by atoms with van der Waals surface area (Å²) in [6, 6.07) is 10.8. The summed E-state index contributed by atoms with van der Waals surface area (Å²) < 4.78 is 0. The molecule has 0 saturated heterocycles. The minimum absolute atomic E-state index is 0.324. The number of hydrogen-bond donors (Lipinski definition) is 2. The number of aromatic nitrogens is 4. The van der Waals surface area contributed by atoms with E-state index in [1.165, 1.54) is 5.56 Å². The molecular formula is C13H19N5. The molecule has 0 spiro atoms. The highest BCUT2D eigenvalue weighted by atomic mass is 15.5. The van der Waals surface area contributed by atoms with E-state index in [0.717, 1.165) is 6.42 Å². The Morgan fingerprint density at radius 2 is 2.00 bits per heavy atom. The fourth-order valence-electron chi connectivity index (χ4n) is 1.97. The van der Waals surface area contributed by atoms with Crippen LogP contribution in [0.3, 0.4) is 0 Å². The Morgan fingerprint density at radius 1 is 1.22 bits per heavy atom. The molecule has 5 heteroatoms. The molecule has 1 aromatic carbocycles. The topological polar surface area (TPSA) is 66.5 Å². The van der Waals surface area contributed by atoms with Crippen molar-refractivity contribution in [1.82, 2.24) is 25.9 Å². The van der Waals surface area contributed by atoms with Gasteiger partial charge >= 0.3 is 0 Å². The van der Waals surface area contributed by atoms with Crippen molar-refractivity contribution in [3.8, 4) is 0 Å². The van der Waals surface area contributed by atoms with E-state index in [1.807, 2.05) is 6.07 Å². The monoisotopic (exact) mass is 245 g/mol. The molecule has 0 aliphatic heterocycles. The van der Waals surface area contributed by atoms with Crippen molar-refractivity contribution in [3.63, 3.8) is 0 Å². The van der Waals surface area contributed by atoms with E-state index in [4.69, 9.17) is 0 Å². The molecule has 96 valence electrons. The molecule has 1 atom stereocenters. The van der Waals surface area contributed by atoms with Crippen LogP contribution in [0.15, 0.2) is 30.3 Å². The number of tetrazole rings is 1. The first-order valence-corrected chi connectivity index (χ1v) is 6.26. The molecule has 0 saturated carbocycles. The van der Waals surface area contributed by atoms with Gasteiger partial charge in [-0.15, -0.1) is 10.2 Å². The Hall–Kier alpha value is -1.75. The third-order valence-corrected chi connectivity index (χ3v) is 2.80. The SMILES string of the molecule is CC(C)CC(NCc1nn[nH]n1)c1ccccc1. The van der Waals surface area contributed by atoms with Gasteiger partial charge in [0, 0.05) is 6.04 Å². The van der Waals surface area contributed by atoms with E-state index in [2.05, 4.69) is 64.1 Å². The first kappa shape index (κ1) is 12.7. The standard InChI is InChI=1S/C13H19N5/c1-10(2)8-12(11-6-4-3-5-7-11)14-9-13-15-17-18-16-13/h3-7,10,12,14H,8-9H2,1-2H3,(H,15,16,17,18). The third kappa shape index (κ3) is 3.63. The number of rotatable bonds is 6. The first-order valence-electron chi connectivity index (χ1n) is 6.26. The molecule has 2 N–H and O–H groups in total. The van der Waals surface area contributed by atoms with Crippen molar-refractivity contribution in [2.45, 2.75) is 32.9 Å². The van der Waals surface area contributed by atoms with Crippen molar-refractivity contribution in [3.05, 3.63) is 41.7 Å². The Bertz CT molecular complexity index is 438. The summed E-state index contributed by atoms with van der Waals surface area (Å²) >= 11 is 0. The van der Waals surface area contributed by atoms with Crippen LogP contribution in [-0.2, 0) is 6.54 Å². The zero-order chi connectivity index (χ0) is 12.8. The third-order valence-electron chi connectivity index (χ3n) is 2.80. The van der Waals surface area contributed by atoms with Crippen LogP contribution in [0.25, 0.3) is 0 Å². The second kappa shape index (κ2) is 6.26. The molecular weight excluding hydrogens is 226 g/mol. The summed E-state index contributed by atoms with van der Waals surface area (Å²) in [5.74, 6) is 1.33. The van der Waals surface area contributed by atoms with Crippen molar-refractivity contribution >= 4 is 0 Å². The van der Waals surface area contributed by atoms with E-state index in [0.29, 0.717) is 24.3 Å². The van der Waals surface area contributed by atoms with Crippen LogP contribution in [-0.4, -0.2) is 20.6 Å². The fourth-order valence-corrected chi connectivity index (χ4v) is 1.97. The highest BCUT2D eigenvalue weighted by Gasteiger charge is 2.13. The van der Waals surface area contributed by atoms with Crippen LogP contribution in [0.2, 0.25) is 0 Å². The van der Waals surface area contributed by atoms with Crippen LogP contribution >= 0.6 is 0 Å². The molecule has 0 bridgehead atoms. The number of benzene rings is 1. The average Bonchev–Trinajstić information content (AvgIpc) is 2.88. The van der Waals surface area contributed by atoms with Gasteiger partial charge in [-0.2, -0.15) is 5.21 Å². The lowest BCUT2D eigenvalue weighted by Gasteiger charge is -2.20. The van der Waals surface area contributed by atoms with Gasteiger partial charge in [-0.25, -0.2) is 0 Å². The molecule has 0 amide bonds. The first-order chi connectivity index (χ1) is 8.75. The van der Waals surface area contributed by atoms with Crippen molar-refractivity contribution in [2.75, 3.05) is 0 Å². The zero-order valence-corrected chi connectivity index (χ0v) is 10.8. The maximum absolute atomic E-state index is 3.95. The minimum atomic E-state index is 0.324. The second-order valence-corrected chi connectivity index (χ2v) is 4.80. The largest absolute Gasteiger partial charge is 0.303 e. The van der Waals surface area contributed by atoms with E-state index in [9.17, 15) is 0 Å². The van der Waals surface area contributed by atoms with Crippen LogP contribution in [0.4, 0.5) is 0 Å². The second-order valence-electron chi connectivity index (χ2n) is 4.80. The molecule has 18 heavy (non-hydrogen) atoms. The van der Waals surface area contributed by atoms with E-state index < -0.39 is 0 Å². The molecule has 0 fully saturated rings. The summed E-state index contributed by atoms with van der Waals surface area (Å²) in [6.07, 6.45) is 1.09. The predicted molar refractivity (Wildman–Crippen MR) is 69.7 cm³/mol. The smallest absolute Gasteiger partial charge is 0.188 e. The van der Waals surface area contributed by atoms with E-state index >= 15 is 0 Å². The number of H-pyrrole nitrogens is 1. The van der Waals surface area contributed by atoms with Gasteiger partial charge in [0.1, 0.15) is 0 Å². The quantitative estimate of drug-likeness (QED) is 0.817. The highest BCUT2D eigenvalue weighted by Crippen LogP contribution is 2.21. The number of aromatic amines is 1. The van der Waals surface area contributed by atoms with Crippen LogP contribution in [0.1, 0.15) is 37.7 Å². The van der Waals surface area contributed by atoms with Gasteiger partial charge in [-0.3, -0.25) is 0 Å². The maximum atomic E-state index is 3.95. The van der Waals surface area contributed by atoms with Crippen molar-refractivity contribution < 1.29 is 0 Å². The Balaban J connectivity index is 2.01. The number of nitrogens with zero attached hydrogens (tertiary/aromatic N) is 3. The Labute approximate surface area is 107 Å². The van der Waals surface area contributed by atoms with Gasteiger partial charge in [0.25, 0.3) is 0 Å². The van der Waals surface area contributed by atoms with Gasteiger partial charge < -0.3 is 5.32 Å². The average molecular weight is 245 g/mol. The van der Waals surface area contributed by atoms with Gasteiger partial charge in [0.05, 0.1) is 6.54 Å². The van der Waals surface area contributed by atoms with Gasteiger partial charge in [-0.1, -0.05) is 49.4 Å². The molecule has 0 aliphatic rings. The van der Waals surface area contributed by atoms with Crippen LogP contribution in [0.5, 0.6) is 0 Å². The maximum Gasteiger partial charge on any atom is 0.188 e. The summed E-state index contributed by atoms with van der Waals surface area (Å²) in [5, 5.41) is 17.4. The molecule has 2 rings (SSSR count). The minimum Gasteiger partial charge on any atom is -0.303 e. The molecule has 0 radical (unpaired) electrons. The summed E-state index contributed by atoms with van der Waals surface area (Å²) in [4.78, 5) is 0. The zero-order valence-electron chi connectivity index (χ0n) is 10.8. The lowest BCUT2D eigenvalue weighted by Crippen LogP contribution is -2.23. The molecule has 1 unspecified atom stereocenters. The van der Waals surface area contributed by atoms with E-state index in [1.54, 1.807) is 0 Å². The lowest BCUT2D eigenvalue weighted by molar-refractivity contribution is 0.424. The summed E-state index contributed by atoms with van der Waals surface area (Å²) in [6.45, 7) is 5.08. The fraction of sp³-hybridized carbons (Fsp3) is 0.462. The number of hydrogen-bond acceptors (Lipinski definition) is 4. The Kier molecular flexibility index (Phi) is 4.41. The highest BCUT2D eigenvalue weighted by molar-refractivity contribution is 5.18. The van der Waals surface area contributed by atoms with Crippen molar-refractivity contribution in [1.29, 1.82) is 0 Å². The Morgan fingerprint density at radius 3 is 2.61 bits per heavy atom. The van der Waals surface area contributed by atoms with Crippen LogP contribution in [0, 0.1) is 5.92 Å². The van der Waals surface area contributed by atoms with Gasteiger partial charge in [-0.05, 0) is 17.9 Å². The summed E-state index contributed by atoms with van der Waals surface area (Å²) in [5.41, 5.74) is 1.30. The normalized spacial score (nSPS) is 12.8.